The van der Waals surface area contributed by atoms with Gasteiger partial charge in [0.1, 0.15) is 0 Å². The Labute approximate surface area is 117 Å². The highest BCUT2D eigenvalue weighted by molar-refractivity contribution is 7.08. The Morgan fingerprint density at radius 2 is 2.32 bits per heavy atom. The summed E-state index contributed by atoms with van der Waals surface area (Å²) >= 11 is 1.55. The van der Waals surface area contributed by atoms with E-state index in [1.807, 2.05) is 21.7 Å². The first-order valence-electron chi connectivity index (χ1n) is 6.88. The van der Waals surface area contributed by atoms with Crippen molar-refractivity contribution in [3.8, 4) is 0 Å². The number of carbonyl (C=O) groups is 1. The Morgan fingerprint density at radius 3 is 2.95 bits per heavy atom. The molecule has 0 bridgehead atoms. The molecule has 1 amide bonds. The standard InChI is InChI=1S/C14H20N2O2S/c17-8-12-7-16(13(18)11-1-6-19-9-11)10-14(12)2-4-15-5-3-14/h1,6,9,12,15,17H,2-5,7-8,10H2. The minimum Gasteiger partial charge on any atom is -0.396 e. The van der Waals surface area contributed by atoms with Crippen molar-refractivity contribution in [1.29, 1.82) is 0 Å². The number of amides is 1. The Morgan fingerprint density at radius 1 is 1.53 bits per heavy atom. The van der Waals surface area contributed by atoms with E-state index >= 15 is 0 Å². The Bertz CT molecular complexity index is 440. The summed E-state index contributed by atoms with van der Waals surface area (Å²) in [5.74, 6) is 0.354. The molecular weight excluding hydrogens is 260 g/mol. The maximum Gasteiger partial charge on any atom is 0.254 e. The van der Waals surface area contributed by atoms with Crippen molar-refractivity contribution >= 4 is 17.2 Å². The van der Waals surface area contributed by atoms with Gasteiger partial charge in [0.25, 0.3) is 5.91 Å². The smallest absolute Gasteiger partial charge is 0.254 e. The van der Waals surface area contributed by atoms with Crippen LogP contribution in [0, 0.1) is 11.3 Å². The van der Waals surface area contributed by atoms with Crippen LogP contribution in [0.3, 0.4) is 0 Å². The number of rotatable bonds is 2. The molecule has 0 radical (unpaired) electrons. The molecule has 3 rings (SSSR count). The van der Waals surface area contributed by atoms with Crippen molar-refractivity contribution in [1.82, 2.24) is 10.2 Å². The molecule has 2 aliphatic heterocycles. The molecule has 2 aliphatic rings. The molecule has 104 valence electrons. The number of piperidine rings is 1. The van der Waals surface area contributed by atoms with Crippen molar-refractivity contribution in [3.63, 3.8) is 0 Å². The molecule has 1 unspecified atom stereocenters. The first-order chi connectivity index (χ1) is 9.25. The second-order valence-corrected chi connectivity index (χ2v) is 6.47. The summed E-state index contributed by atoms with van der Waals surface area (Å²) in [6.45, 7) is 3.68. The minimum atomic E-state index is 0.120. The number of nitrogens with zero attached hydrogens (tertiary/aromatic N) is 1. The van der Waals surface area contributed by atoms with Crippen molar-refractivity contribution in [2.75, 3.05) is 32.8 Å². The molecule has 1 aromatic heterocycles. The number of carbonyl (C=O) groups excluding carboxylic acids is 1. The minimum absolute atomic E-state index is 0.120. The van der Waals surface area contributed by atoms with Crippen LogP contribution >= 0.6 is 11.3 Å². The lowest BCUT2D eigenvalue weighted by atomic mass is 9.71. The molecule has 1 aromatic rings. The van der Waals surface area contributed by atoms with Crippen LogP contribution in [0.4, 0.5) is 0 Å². The monoisotopic (exact) mass is 280 g/mol. The highest BCUT2D eigenvalue weighted by atomic mass is 32.1. The number of hydrogen-bond donors (Lipinski definition) is 2. The maximum atomic E-state index is 12.4. The maximum absolute atomic E-state index is 12.4. The molecule has 2 N–H and O–H groups in total. The molecule has 3 heterocycles. The summed E-state index contributed by atoms with van der Waals surface area (Å²) in [5, 5.41) is 16.9. The van der Waals surface area contributed by atoms with Gasteiger partial charge in [0.15, 0.2) is 0 Å². The molecule has 5 heteroatoms. The van der Waals surface area contributed by atoms with E-state index < -0.39 is 0 Å². The van der Waals surface area contributed by atoms with Crippen LogP contribution in [0.5, 0.6) is 0 Å². The largest absolute Gasteiger partial charge is 0.396 e. The molecule has 2 fully saturated rings. The van der Waals surface area contributed by atoms with Gasteiger partial charge in [-0.25, -0.2) is 0 Å². The number of thiophene rings is 1. The lowest BCUT2D eigenvalue weighted by Crippen LogP contribution is -2.43. The van der Waals surface area contributed by atoms with E-state index in [0.29, 0.717) is 6.54 Å². The predicted molar refractivity (Wildman–Crippen MR) is 75.3 cm³/mol. The molecule has 0 saturated carbocycles. The van der Waals surface area contributed by atoms with E-state index in [1.165, 1.54) is 0 Å². The zero-order valence-electron chi connectivity index (χ0n) is 11.0. The third kappa shape index (κ3) is 2.30. The van der Waals surface area contributed by atoms with Gasteiger partial charge in [0.2, 0.25) is 0 Å². The number of nitrogens with one attached hydrogen (secondary N) is 1. The van der Waals surface area contributed by atoms with Crippen molar-refractivity contribution < 1.29 is 9.90 Å². The predicted octanol–water partition coefficient (Wildman–Crippen LogP) is 1.18. The Hall–Kier alpha value is -0.910. The van der Waals surface area contributed by atoms with E-state index in [-0.39, 0.29) is 23.8 Å². The fraction of sp³-hybridized carbons (Fsp3) is 0.643. The zero-order chi connectivity index (χ0) is 13.3. The van der Waals surface area contributed by atoms with Crippen molar-refractivity contribution in [3.05, 3.63) is 22.4 Å². The van der Waals surface area contributed by atoms with Crippen LogP contribution in [-0.4, -0.2) is 48.7 Å². The van der Waals surface area contributed by atoms with Crippen LogP contribution in [-0.2, 0) is 0 Å². The fourth-order valence-electron chi connectivity index (χ4n) is 3.50. The first kappa shape index (κ1) is 13.1. The van der Waals surface area contributed by atoms with E-state index in [4.69, 9.17) is 0 Å². The lowest BCUT2D eigenvalue weighted by Gasteiger charge is -2.37. The average molecular weight is 280 g/mol. The topological polar surface area (TPSA) is 52.6 Å². The molecule has 19 heavy (non-hydrogen) atoms. The van der Waals surface area contributed by atoms with Gasteiger partial charge in [-0.15, -0.1) is 0 Å². The van der Waals surface area contributed by atoms with Gasteiger partial charge in [-0.1, -0.05) is 0 Å². The summed E-state index contributed by atoms with van der Waals surface area (Å²) in [7, 11) is 0. The molecule has 1 atom stereocenters. The summed E-state index contributed by atoms with van der Waals surface area (Å²) < 4.78 is 0. The third-order valence-electron chi connectivity index (χ3n) is 4.69. The van der Waals surface area contributed by atoms with Crippen molar-refractivity contribution in [2.24, 2.45) is 11.3 Å². The van der Waals surface area contributed by atoms with E-state index in [0.717, 1.165) is 38.0 Å². The number of likely N-dealkylation sites (tertiary alicyclic amines) is 1. The lowest BCUT2D eigenvalue weighted by molar-refractivity contribution is 0.0756. The summed E-state index contributed by atoms with van der Waals surface area (Å²) in [6, 6.07) is 1.88. The van der Waals surface area contributed by atoms with Gasteiger partial charge < -0.3 is 15.3 Å². The fourth-order valence-corrected chi connectivity index (χ4v) is 4.13. The molecule has 2 saturated heterocycles. The first-order valence-corrected chi connectivity index (χ1v) is 7.82. The summed E-state index contributed by atoms with van der Waals surface area (Å²) in [4.78, 5) is 14.4. The highest BCUT2D eigenvalue weighted by Crippen LogP contribution is 2.43. The Balaban J connectivity index is 1.77. The van der Waals surface area contributed by atoms with Crippen LogP contribution in [0.15, 0.2) is 16.8 Å². The van der Waals surface area contributed by atoms with Gasteiger partial charge in [-0.3, -0.25) is 4.79 Å². The second kappa shape index (κ2) is 5.23. The third-order valence-corrected chi connectivity index (χ3v) is 5.37. The van der Waals surface area contributed by atoms with E-state index in [2.05, 4.69) is 5.32 Å². The van der Waals surface area contributed by atoms with Gasteiger partial charge in [0, 0.05) is 31.0 Å². The zero-order valence-corrected chi connectivity index (χ0v) is 11.8. The normalized spacial score (nSPS) is 25.9. The van der Waals surface area contributed by atoms with Crippen molar-refractivity contribution in [2.45, 2.75) is 12.8 Å². The average Bonchev–Trinajstić information content (AvgIpc) is 3.07. The number of aliphatic hydroxyl groups excluding tert-OH is 1. The summed E-state index contributed by atoms with van der Waals surface area (Å²) in [6.07, 6.45) is 2.12. The molecule has 0 aromatic carbocycles. The van der Waals surface area contributed by atoms with Crippen LogP contribution in [0.2, 0.25) is 0 Å². The molecule has 4 nitrogen and oxygen atoms in total. The molecular formula is C14H20N2O2S. The van der Waals surface area contributed by atoms with Crippen LogP contribution in [0.1, 0.15) is 23.2 Å². The number of aliphatic hydroxyl groups is 1. The highest BCUT2D eigenvalue weighted by Gasteiger charge is 2.47. The molecule has 0 aliphatic carbocycles. The summed E-state index contributed by atoms with van der Waals surface area (Å²) in [5.41, 5.74) is 0.916. The Kier molecular flexibility index (Phi) is 3.60. The van der Waals surface area contributed by atoms with E-state index in [9.17, 15) is 9.90 Å². The SMILES string of the molecule is O=C(c1ccsc1)N1CC(CO)C2(CCNCC2)C1. The van der Waals surface area contributed by atoms with Gasteiger partial charge in [0.05, 0.1) is 5.56 Å². The van der Waals surface area contributed by atoms with Gasteiger partial charge in [-0.05, 0) is 42.8 Å². The van der Waals surface area contributed by atoms with Gasteiger partial charge in [-0.2, -0.15) is 11.3 Å². The van der Waals surface area contributed by atoms with Crippen LogP contribution in [0.25, 0.3) is 0 Å². The number of hydrogen-bond acceptors (Lipinski definition) is 4. The second-order valence-electron chi connectivity index (χ2n) is 5.69. The van der Waals surface area contributed by atoms with Gasteiger partial charge >= 0.3 is 0 Å². The quantitative estimate of drug-likeness (QED) is 0.855. The van der Waals surface area contributed by atoms with Crippen LogP contribution < -0.4 is 5.32 Å². The van der Waals surface area contributed by atoms with E-state index in [1.54, 1.807) is 11.3 Å². The molecule has 1 spiro atoms.